The standard InChI is InChI=1S/C18H34N2O3/c1-18(2,3)23-17(21)20-12-9-16(10-13-20)22-14-11-19-15-7-5-4-6-8-15/h15-16,19H,4-14H2,1-3H3. The third-order valence-corrected chi connectivity index (χ3v) is 4.59. The summed E-state index contributed by atoms with van der Waals surface area (Å²) in [6.07, 6.45) is 8.64. The van der Waals surface area contributed by atoms with E-state index in [0.29, 0.717) is 6.04 Å². The first-order chi connectivity index (χ1) is 10.9. The third kappa shape index (κ3) is 7.08. The Labute approximate surface area is 141 Å². The molecule has 1 amide bonds. The van der Waals surface area contributed by atoms with Gasteiger partial charge in [0.1, 0.15) is 5.60 Å². The summed E-state index contributed by atoms with van der Waals surface area (Å²) in [5.74, 6) is 0. The molecule has 0 bridgehead atoms. The molecule has 1 N–H and O–H groups in total. The average Bonchev–Trinajstić information content (AvgIpc) is 2.51. The monoisotopic (exact) mass is 326 g/mol. The van der Waals surface area contributed by atoms with Crippen LogP contribution in [0.1, 0.15) is 65.7 Å². The van der Waals surface area contributed by atoms with Crippen molar-refractivity contribution in [3.8, 4) is 0 Å². The topological polar surface area (TPSA) is 50.8 Å². The molecule has 0 aromatic heterocycles. The summed E-state index contributed by atoms with van der Waals surface area (Å²) >= 11 is 0. The van der Waals surface area contributed by atoms with Gasteiger partial charge in [0.15, 0.2) is 0 Å². The number of carbonyl (C=O) groups excluding carboxylic acids is 1. The second kappa shape index (κ2) is 8.88. The lowest BCUT2D eigenvalue weighted by atomic mass is 9.96. The fourth-order valence-corrected chi connectivity index (χ4v) is 3.33. The molecule has 2 fully saturated rings. The first-order valence-electron chi connectivity index (χ1n) is 9.27. The van der Waals surface area contributed by atoms with Gasteiger partial charge in [-0.15, -0.1) is 0 Å². The molecule has 0 unspecified atom stereocenters. The highest BCUT2D eigenvalue weighted by atomic mass is 16.6. The number of amides is 1. The maximum absolute atomic E-state index is 12.0. The highest BCUT2D eigenvalue weighted by Gasteiger charge is 2.27. The SMILES string of the molecule is CC(C)(C)OC(=O)N1CCC(OCCNC2CCCCC2)CC1. The lowest BCUT2D eigenvalue weighted by Crippen LogP contribution is -2.44. The molecule has 23 heavy (non-hydrogen) atoms. The molecular weight excluding hydrogens is 292 g/mol. The molecule has 2 rings (SSSR count). The number of hydrogen-bond acceptors (Lipinski definition) is 4. The van der Waals surface area contributed by atoms with E-state index in [1.807, 2.05) is 20.8 Å². The van der Waals surface area contributed by atoms with Crippen molar-refractivity contribution in [1.82, 2.24) is 10.2 Å². The summed E-state index contributed by atoms with van der Waals surface area (Å²) in [5.41, 5.74) is -0.421. The smallest absolute Gasteiger partial charge is 0.410 e. The molecule has 0 atom stereocenters. The van der Waals surface area contributed by atoms with Crippen LogP contribution in [0.5, 0.6) is 0 Å². The Morgan fingerprint density at radius 3 is 2.35 bits per heavy atom. The van der Waals surface area contributed by atoms with Crippen LogP contribution in [0.15, 0.2) is 0 Å². The number of nitrogens with one attached hydrogen (secondary N) is 1. The zero-order chi connectivity index (χ0) is 16.7. The van der Waals surface area contributed by atoms with Crippen molar-refractivity contribution in [1.29, 1.82) is 0 Å². The molecule has 0 spiro atoms. The largest absolute Gasteiger partial charge is 0.444 e. The van der Waals surface area contributed by atoms with Crippen LogP contribution in [0.2, 0.25) is 0 Å². The van der Waals surface area contributed by atoms with Gasteiger partial charge in [-0.2, -0.15) is 0 Å². The normalized spacial score (nSPS) is 21.4. The summed E-state index contributed by atoms with van der Waals surface area (Å²) in [5, 5.41) is 3.60. The van der Waals surface area contributed by atoms with Gasteiger partial charge in [-0.1, -0.05) is 19.3 Å². The zero-order valence-electron chi connectivity index (χ0n) is 15.1. The van der Waals surface area contributed by atoms with Gasteiger partial charge >= 0.3 is 6.09 Å². The average molecular weight is 326 g/mol. The van der Waals surface area contributed by atoms with E-state index in [1.165, 1.54) is 32.1 Å². The fraction of sp³-hybridized carbons (Fsp3) is 0.944. The highest BCUT2D eigenvalue weighted by Crippen LogP contribution is 2.18. The third-order valence-electron chi connectivity index (χ3n) is 4.59. The van der Waals surface area contributed by atoms with Crippen molar-refractivity contribution in [3.05, 3.63) is 0 Å². The molecule has 1 aliphatic carbocycles. The molecule has 1 heterocycles. The molecule has 0 aromatic rings. The van der Waals surface area contributed by atoms with Crippen LogP contribution in [0.4, 0.5) is 4.79 Å². The summed E-state index contributed by atoms with van der Waals surface area (Å²) in [4.78, 5) is 13.8. The first-order valence-corrected chi connectivity index (χ1v) is 9.27. The van der Waals surface area contributed by atoms with Gasteiger partial charge in [-0.3, -0.25) is 0 Å². The summed E-state index contributed by atoms with van der Waals surface area (Å²) in [6.45, 7) is 8.88. The molecule has 1 saturated heterocycles. The first kappa shape index (κ1) is 18.5. The Bertz CT molecular complexity index is 354. The number of piperidine rings is 1. The summed E-state index contributed by atoms with van der Waals surface area (Å²) < 4.78 is 11.4. The Morgan fingerprint density at radius 2 is 1.74 bits per heavy atom. The molecule has 1 aliphatic heterocycles. The van der Waals surface area contributed by atoms with E-state index in [2.05, 4.69) is 5.32 Å². The number of carbonyl (C=O) groups is 1. The second-order valence-corrected chi connectivity index (χ2v) is 7.83. The van der Waals surface area contributed by atoms with Gasteiger partial charge in [-0.25, -0.2) is 4.79 Å². The molecular formula is C18H34N2O3. The number of likely N-dealkylation sites (tertiary alicyclic amines) is 1. The predicted octanol–water partition coefficient (Wildman–Crippen LogP) is 3.32. The fourth-order valence-electron chi connectivity index (χ4n) is 3.33. The van der Waals surface area contributed by atoms with Crippen molar-refractivity contribution >= 4 is 6.09 Å². The van der Waals surface area contributed by atoms with Crippen LogP contribution in [0.25, 0.3) is 0 Å². The van der Waals surface area contributed by atoms with Crippen LogP contribution < -0.4 is 5.32 Å². The zero-order valence-corrected chi connectivity index (χ0v) is 15.1. The van der Waals surface area contributed by atoms with E-state index in [0.717, 1.165) is 39.1 Å². The maximum Gasteiger partial charge on any atom is 0.410 e. The Morgan fingerprint density at radius 1 is 1.09 bits per heavy atom. The van der Waals surface area contributed by atoms with Gasteiger partial charge in [-0.05, 0) is 46.5 Å². The van der Waals surface area contributed by atoms with Crippen molar-refractivity contribution < 1.29 is 14.3 Å². The molecule has 1 saturated carbocycles. The lowest BCUT2D eigenvalue weighted by molar-refractivity contribution is -0.0109. The predicted molar refractivity (Wildman–Crippen MR) is 91.7 cm³/mol. The van der Waals surface area contributed by atoms with E-state index in [4.69, 9.17) is 9.47 Å². The molecule has 5 heteroatoms. The van der Waals surface area contributed by atoms with Crippen molar-refractivity contribution in [2.75, 3.05) is 26.2 Å². The van der Waals surface area contributed by atoms with E-state index in [1.54, 1.807) is 4.90 Å². The van der Waals surface area contributed by atoms with Crippen LogP contribution >= 0.6 is 0 Å². The summed E-state index contributed by atoms with van der Waals surface area (Å²) in [7, 11) is 0. The van der Waals surface area contributed by atoms with E-state index in [9.17, 15) is 4.79 Å². The van der Waals surface area contributed by atoms with Crippen molar-refractivity contribution in [3.63, 3.8) is 0 Å². The number of nitrogens with zero attached hydrogens (tertiary/aromatic N) is 1. The van der Waals surface area contributed by atoms with E-state index < -0.39 is 5.60 Å². The lowest BCUT2D eigenvalue weighted by Gasteiger charge is -2.33. The molecule has 5 nitrogen and oxygen atoms in total. The number of hydrogen-bond donors (Lipinski definition) is 1. The summed E-state index contributed by atoms with van der Waals surface area (Å²) in [6, 6.07) is 0.696. The van der Waals surface area contributed by atoms with Crippen LogP contribution in [0, 0.1) is 0 Å². The van der Waals surface area contributed by atoms with Crippen molar-refractivity contribution in [2.45, 2.75) is 83.5 Å². The Kier molecular flexibility index (Phi) is 7.15. The van der Waals surface area contributed by atoms with Crippen LogP contribution in [-0.4, -0.2) is 55.0 Å². The quantitative estimate of drug-likeness (QED) is 0.787. The number of ether oxygens (including phenoxy) is 2. The van der Waals surface area contributed by atoms with Gasteiger partial charge in [0.2, 0.25) is 0 Å². The van der Waals surface area contributed by atoms with Crippen molar-refractivity contribution in [2.24, 2.45) is 0 Å². The molecule has 0 aromatic carbocycles. The van der Waals surface area contributed by atoms with Gasteiger partial charge in [0, 0.05) is 25.7 Å². The van der Waals surface area contributed by atoms with Gasteiger partial charge < -0.3 is 19.7 Å². The van der Waals surface area contributed by atoms with Gasteiger partial charge in [0.05, 0.1) is 12.7 Å². The second-order valence-electron chi connectivity index (χ2n) is 7.83. The van der Waals surface area contributed by atoms with Crippen LogP contribution in [0.3, 0.4) is 0 Å². The van der Waals surface area contributed by atoms with Crippen LogP contribution in [-0.2, 0) is 9.47 Å². The molecule has 0 radical (unpaired) electrons. The maximum atomic E-state index is 12.0. The Balaban J connectivity index is 1.55. The minimum Gasteiger partial charge on any atom is -0.444 e. The highest BCUT2D eigenvalue weighted by molar-refractivity contribution is 5.68. The van der Waals surface area contributed by atoms with E-state index >= 15 is 0 Å². The molecule has 2 aliphatic rings. The number of rotatable bonds is 5. The van der Waals surface area contributed by atoms with Gasteiger partial charge in [0.25, 0.3) is 0 Å². The minimum absolute atomic E-state index is 0.199. The van der Waals surface area contributed by atoms with E-state index in [-0.39, 0.29) is 12.2 Å². The Hall–Kier alpha value is -0.810. The minimum atomic E-state index is -0.421. The molecule has 134 valence electrons.